The smallest absolute Gasteiger partial charge is 0.250 e. The van der Waals surface area contributed by atoms with E-state index in [-0.39, 0.29) is 40.1 Å². The molecule has 1 saturated heterocycles. The van der Waals surface area contributed by atoms with Gasteiger partial charge in [0.15, 0.2) is 5.79 Å². The molecule has 1 aliphatic heterocycles. The highest BCUT2D eigenvalue weighted by atomic mass is 28.4. The van der Waals surface area contributed by atoms with Crippen LogP contribution in [0.25, 0.3) is 0 Å². The van der Waals surface area contributed by atoms with Gasteiger partial charge in [0, 0.05) is 18.4 Å². The van der Waals surface area contributed by atoms with Gasteiger partial charge < -0.3 is 23.4 Å². The zero-order valence-corrected chi connectivity index (χ0v) is 25.8. The van der Waals surface area contributed by atoms with Gasteiger partial charge in [-0.3, -0.25) is 0 Å². The van der Waals surface area contributed by atoms with Crippen molar-refractivity contribution in [2.45, 2.75) is 123 Å². The van der Waals surface area contributed by atoms with E-state index in [2.05, 4.69) is 81.1 Å². The predicted molar refractivity (Wildman–Crippen MR) is 147 cm³/mol. The molecule has 6 heteroatoms. The van der Waals surface area contributed by atoms with Crippen molar-refractivity contribution < 1.29 is 23.4 Å². The van der Waals surface area contributed by atoms with Gasteiger partial charge in [-0.2, -0.15) is 0 Å². The topological polar surface area (TPSA) is 46.2 Å². The van der Waals surface area contributed by atoms with Crippen LogP contribution in [0, 0.1) is 28.6 Å². The van der Waals surface area contributed by atoms with E-state index >= 15 is 0 Å². The fraction of sp³-hybridized carbons (Fsp3) is 0.867. The van der Waals surface area contributed by atoms with Crippen molar-refractivity contribution in [1.29, 1.82) is 0 Å². The van der Waals surface area contributed by atoms with E-state index in [0.717, 1.165) is 25.7 Å². The number of allylic oxidation sites excluding steroid dienone is 2. The lowest BCUT2D eigenvalue weighted by atomic mass is 9.50. The van der Waals surface area contributed by atoms with Gasteiger partial charge in [0.05, 0.1) is 24.1 Å². The lowest BCUT2D eigenvalue weighted by Gasteiger charge is -2.58. The lowest BCUT2D eigenvalue weighted by molar-refractivity contribution is -0.166. The summed E-state index contributed by atoms with van der Waals surface area (Å²) in [6, 6.07) is 0. The number of methoxy groups -OCH3 is 1. The van der Waals surface area contributed by atoms with Crippen LogP contribution in [0.4, 0.5) is 0 Å². The minimum Gasteiger partial charge on any atom is -0.547 e. The van der Waals surface area contributed by atoms with E-state index in [1.165, 1.54) is 11.3 Å². The Labute approximate surface area is 221 Å². The van der Waals surface area contributed by atoms with Gasteiger partial charge in [0.25, 0.3) is 0 Å². The van der Waals surface area contributed by atoms with Crippen molar-refractivity contribution in [1.82, 2.24) is 0 Å². The molecule has 206 valence electrons. The van der Waals surface area contributed by atoms with Crippen molar-refractivity contribution in [3.8, 4) is 0 Å². The van der Waals surface area contributed by atoms with Gasteiger partial charge in [-0.1, -0.05) is 48.1 Å². The summed E-state index contributed by atoms with van der Waals surface area (Å²) < 4.78 is 32.1. The molecule has 0 aromatic carbocycles. The third kappa shape index (κ3) is 4.68. The molecule has 0 aromatic rings. The fourth-order valence-corrected chi connectivity index (χ4v) is 8.35. The molecular formula is C30H52O5Si. The Morgan fingerprint density at radius 2 is 1.75 bits per heavy atom. The highest BCUT2D eigenvalue weighted by Crippen LogP contribution is 2.63. The van der Waals surface area contributed by atoms with Gasteiger partial charge in [0.2, 0.25) is 8.32 Å². The van der Waals surface area contributed by atoms with E-state index in [4.69, 9.17) is 23.4 Å². The molecule has 0 aromatic heterocycles. The molecule has 0 amide bonds. The first-order valence-electron chi connectivity index (χ1n) is 14.0. The maximum Gasteiger partial charge on any atom is 0.250 e. The van der Waals surface area contributed by atoms with Crippen LogP contribution in [-0.4, -0.2) is 46.3 Å². The molecule has 4 rings (SSSR count). The molecule has 3 aliphatic carbocycles. The molecular weight excluding hydrogens is 468 g/mol. The normalized spacial score (nSPS) is 40.0. The zero-order chi connectivity index (χ0) is 26.9. The second-order valence-electron chi connectivity index (χ2n) is 14.7. The van der Waals surface area contributed by atoms with Crippen molar-refractivity contribution >= 4 is 8.32 Å². The van der Waals surface area contributed by atoms with Crippen LogP contribution >= 0.6 is 0 Å². The summed E-state index contributed by atoms with van der Waals surface area (Å²) in [7, 11) is -0.305. The minimum absolute atomic E-state index is 0.00108. The second kappa shape index (κ2) is 9.22. The van der Waals surface area contributed by atoms with Gasteiger partial charge in [-0.15, -0.1) is 0 Å². The largest absolute Gasteiger partial charge is 0.547 e. The summed E-state index contributed by atoms with van der Waals surface area (Å²) in [6.07, 6.45) is 6.40. The number of ether oxygens (including phenoxy) is 4. The summed E-state index contributed by atoms with van der Waals surface area (Å²) in [6.45, 7) is 28.1. The van der Waals surface area contributed by atoms with E-state index in [9.17, 15) is 0 Å². The molecule has 5 nitrogen and oxygen atoms in total. The van der Waals surface area contributed by atoms with Crippen molar-refractivity contribution in [2.24, 2.45) is 28.6 Å². The minimum atomic E-state index is -1.99. The summed E-state index contributed by atoms with van der Waals surface area (Å²) in [4.78, 5) is 0. The van der Waals surface area contributed by atoms with Crippen molar-refractivity contribution in [3.05, 3.63) is 24.0 Å². The second-order valence-corrected chi connectivity index (χ2v) is 19.4. The Balaban J connectivity index is 1.80. The van der Waals surface area contributed by atoms with Crippen molar-refractivity contribution in [2.75, 3.05) is 13.9 Å². The highest BCUT2D eigenvalue weighted by molar-refractivity contribution is 6.74. The first-order chi connectivity index (χ1) is 16.4. The van der Waals surface area contributed by atoms with Crippen LogP contribution in [0.2, 0.25) is 18.1 Å². The Kier molecular flexibility index (Phi) is 7.26. The molecule has 1 heterocycles. The number of rotatable bonds is 5. The predicted octanol–water partition coefficient (Wildman–Crippen LogP) is 7.44. The molecule has 2 saturated carbocycles. The Morgan fingerprint density at radius 3 is 2.36 bits per heavy atom. The molecule has 3 fully saturated rings. The summed E-state index contributed by atoms with van der Waals surface area (Å²) in [5.74, 6) is 1.52. The van der Waals surface area contributed by atoms with Crippen LogP contribution in [-0.2, 0) is 23.4 Å². The molecule has 2 unspecified atom stereocenters. The van der Waals surface area contributed by atoms with E-state index < -0.39 is 14.1 Å². The maximum absolute atomic E-state index is 7.10. The summed E-state index contributed by atoms with van der Waals surface area (Å²) >= 11 is 0. The van der Waals surface area contributed by atoms with E-state index in [1.807, 2.05) is 0 Å². The third-order valence-electron chi connectivity index (χ3n) is 10.6. The first kappa shape index (κ1) is 28.3. The Bertz CT molecular complexity index is 884. The Morgan fingerprint density at radius 1 is 1.08 bits per heavy atom. The van der Waals surface area contributed by atoms with Crippen LogP contribution in [0.1, 0.15) is 81.1 Å². The molecule has 0 spiro atoms. The van der Waals surface area contributed by atoms with Gasteiger partial charge in [-0.05, 0) is 86.6 Å². The monoisotopic (exact) mass is 520 g/mol. The standard InChI is InChI=1S/C30H52O5Si/c1-19-21-17-22-24(35-36(11,12)27(2,3)4)14-13-20(28(22,5)6)25-26(34-29(7,8)33-25)30(21,9)16-15-23(19)32-18-31-10/h14,20-23,25-26H,1,13,15-18H2,2-12H3/t20?,21-,22?,23+,25+,26-,30-/m1/s1. The van der Waals surface area contributed by atoms with E-state index in [1.54, 1.807) is 7.11 Å². The molecule has 7 atom stereocenters. The highest BCUT2D eigenvalue weighted by Gasteiger charge is 2.63. The zero-order valence-electron chi connectivity index (χ0n) is 24.8. The third-order valence-corrected chi connectivity index (χ3v) is 14.9. The number of hydrogen-bond donors (Lipinski definition) is 0. The van der Waals surface area contributed by atoms with Gasteiger partial charge in [0.1, 0.15) is 6.79 Å². The first-order valence-corrected chi connectivity index (χ1v) is 16.9. The van der Waals surface area contributed by atoms with Crippen LogP contribution in [0.5, 0.6) is 0 Å². The molecule has 36 heavy (non-hydrogen) atoms. The number of hydrogen-bond acceptors (Lipinski definition) is 5. The van der Waals surface area contributed by atoms with Crippen molar-refractivity contribution in [3.63, 3.8) is 0 Å². The maximum atomic E-state index is 7.10. The van der Waals surface area contributed by atoms with Gasteiger partial charge in [-0.25, -0.2) is 0 Å². The molecule has 2 bridgehead atoms. The summed E-state index contributed by atoms with van der Waals surface area (Å²) in [5, 5.41) is 0.149. The van der Waals surface area contributed by atoms with Crippen LogP contribution < -0.4 is 0 Å². The molecule has 4 aliphatic rings. The lowest BCUT2D eigenvalue weighted by Crippen LogP contribution is -2.58. The average molecular weight is 521 g/mol. The SMILES string of the molecule is C=C1[C@@H](OCOC)CC[C@]2(C)[C@@H]1CC1C(O[Si](C)(C)C(C)(C)C)=CCC([C@@H]3OC(C)(C)O[C@H]32)C1(C)C. The van der Waals surface area contributed by atoms with Crippen LogP contribution in [0.3, 0.4) is 0 Å². The quantitative estimate of drug-likeness (QED) is 0.214. The van der Waals surface area contributed by atoms with E-state index in [0.29, 0.717) is 18.6 Å². The van der Waals surface area contributed by atoms with Gasteiger partial charge >= 0.3 is 0 Å². The Hall–Kier alpha value is -0.663. The summed E-state index contributed by atoms with van der Waals surface area (Å²) in [5.41, 5.74) is 1.11. The average Bonchev–Trinajstić information content (AvgIpc) is 3.06. The number of fused-ring (bicyclic) bond motifs is 6. The molecule has 0 radical (unpaired) electrons. The fourth-order valence-electron chi connectivity index (χ4n) is 7.23. The molecule has 0 N–H and O–H groups in total. The van der Waals surface area contributed by atoms with Crippen LogP contribution in [0.15, 0.2) is 24.0 Å².